The Morgan fingerprint density at radius 3 is 2.00 bits per heavy atom. The molecule has 0 heterocycles. The maximum atomic E-state index is 14.9. The van der Waals surface area contributed by atoms with E-state index in [0.29, 0.717) is 57.1 Å². The van der Waals surface area contributed by atoms with Crippen molar-refractivity contribution in [3.63, 3.8) is 0 Å². The fourth-order valence-electron chi connectivity index (χ4n) is 6.94. The monoisotopic (exact) mass is 660 g/mol. The maximum Gasteiger partial charge on any atom is 0.416 e. The standard InChI is InChI=1S/C31H31F7N2O6/c1-45-23-13-22(32)24(46-20-6-4-14(5-7-20)29(43)44)12-21(23)27(41)40-26-16-3-2-15(8-16)25(26)28(42)39-19-10-17(30(33,34)35)9-18(11-19)31(36,37)38/h9-16,20,25-26H,2-8H2,1H3,(H,39,42)(H,40,41)(H,43,44)/t14-,15-,16+,20+,25+,26-/m1/s1. The van der Waals surface area contributed by atoms with Gasteiger partial charge in [0.05, 0.1) is 41.7 Å². The number of hydrogen-bond acceptors (Lipinski definition) is 5. The predicted octanol–water partition coefficient (Wildman–Crippen LogP) is 6.68. The second kappa shape index (κ2) is 12.6. The lowest BCUT2D eigenvalue weighted by atomic mass is 9.83. The van der Waals surface area contributed by atoms with Crippen molar-refractivity contribution in [1.29, 1.82) is 0 Å². The van der Waals surface area contributed by atoms with Crippen LogP contribution in [0.5, 0.6) is 11.5 Å². The highest BCUT2D eigenvalue weighted by atomic mass is 19.4. The number of carboxylic acids is 1. The molecule has 3 N–H and O–H groups in total. The van der Waals surface area contributed by atoms with Crippen LogP contribution < -0.4 is 20.1 Å². The summed E-state index contributed by atoms with van der Waals surface area (Å²) in [5.41, 5.74) is -3.95. The number of fused-ring (bicyclic) bond motifs is 2. The number of anilines is 1. The van der Waals surface area contributed by atoms with E-state index in [1.165, 1.54) is 7.11 Å². The van der Waals surface area contributed by atoms with Crippen LogP contribution in [0.1, 0.15) is 66.4 Å². The number of amides is 2. The lowest BCUT2D eigenvalue weighted by molar-refractivity contribution is -0.144. The van der Waals surface area contributed by atoms with E-state index >= 15 is 0 Å². The van der Waals surface area contributed by atoms with Crippen molar-refractivity contribution in [2.75, 3.05) is 12.4 Å². The number of rotatable bonds is 8. The molecular weight excluding hydrogens is 629 g/mol. The van der Waals surface area contributed by atoms with Crippen molar-refractivity contribution in [2.24, 2.45) is 23.7 Å². The maximum absolute atomic E-state index is 14.9. The molecule has 8 nitrogen and oxygen atoms in total. The zero-order valence-electron chi connectivity index (χ0n) is 24.4. The van der Waals surface area contributed by atoms with E-state index in [0.717, 1.165) is 12.1 Å². The quantitative estimate of drug-likeness (QED) is 0.273. The van der Waals surface area contributed by atoms with Gasteiger partial charge >= 0.3 is 18.3 Å². The molecule has 3 saturated carbocycles. The predicted molar refractivity (Wildman–Crippen MR) is 148 cm³/mol. The van der Waals surface area contributed by atoms with Crippen molar-refractivity contribution in [2.45, 2.75) is 69.4 Å². The third-order valence-electron chi connectivity index (χ3n) is 9.19. The van der Waals surface area contributed by atoms with Crippen LogP contribution in [-0.4, -0.2) is 42.1 Å². The van der Waals surface area contributed by atoms with Gasteiger partial charge in [-0.3, -0.25) is 14.4 Å². The van der Waals surface area contributed by atoms with Gasteiger partial charge in [-0.1, -0.05) is 0 Å². The zero-order chi connectivity index (χ0) is 33.6. The molecule has 2 aromatic rings. The van der Waals surface area contributed by atoms with E-state index in [-0.39, 0.29) is 35.0 Å². The molecular formula is C31H31F7N2O6. The van der Waals surface area contributed by atoms with E-state index in [1.54, 1.807) is 0 Å². The van der Waals surface area contributed by atoms with Crippen LogP contribution >= 0.6 is 0 Å². The molecule has 250 valence electrons. The molecule has 0 aliphatic heterocycles. The molecule has 5 rings (SSSR count). The van der Waals surface area contributed by atoms with Crippen LogP contribution in [0.3, 0.4) is 0 Å². The topological polar surface area (TPSA) is 114 Å². The largest absolute Gasteiger partial charge is 0.496 e. The molecule has 0 spiro atoms. The SMILES string of the molecule is COc1cc(F)c(O[C@H]2CC[C@@H](C(=O)O)CC2)cc1C(=O)N[C@@H]1[C@H]2CC[C@H](C2)[C@@H]1C(=O)Nc1cc(C(F)(F)F)cc(C(F)(F)F)c1. The van der Waals surface area contributed by atoms with Crippen molar-refractivity contribution in [3.8, 4) is 11.5 Å². The summed E-state index contributed by atoms with van der Waals surface area (Å²) in [4.78, 5) is 38.2. The smallest absolute Gasteiger partial charge is 0.416 e. The highest BCUT2D eigenvalue weighted by molar-refractivity contribution is 5.99. The molecule has 0 radical (unpaired) electrons. The third kappa shape index (κ3) is 7.02. The summed E-state index contributed by atoms with van der Waals surface area (Å²) in [6.07, 6.45) is -7.55. The average Bonchev–Trinajstić information content (AvgIpc) is 3.59. The molecule has 3 fully saturated rings. The number of halogens is 7. The minimum absolute atomic E-state index is 0.0364. The fraction of sp³-hybridized carbons (Fsp3) is 0.516. The summed E-state index contributed by atoms with van der Waals surface area (Å²) in [7, 11) is 1.22. The van der Waals surface area contributed by atoms with Crippen LogP contribution in [0.25, 0.3) is 0 Å². The summed E-state index contributed by atoms with van der Waals surface area (Å²) in [5.74, 6) is -5.65. The van der Waals surface area contributed by atoms with Gasteiger partial charge < -0.3 is 25.2 Å². The van der Waals surface area contributed by atoms with Gasteiger partial charge in [-0.25, -0.2) is 4.39 Å². The van der Waals surface area contributed by atoms with E-state index in [1.807, 2.05) is 0 Å². The van der Waals surface area contributed by atoms with Gasteiger partial charge in [0, 0.05) is 17.8 Å². The first-order valence-electron chi connectivity index (χ1n) is 14.7. The van der Waals surface area contributed by atoms with Gasteiger partial charge in [0.25, 0.3) is 5.91 Å². The number of carbonyl (C=O) groups is 3. The number of alkyl halides is 6. The minimum Gasteiger partial charge on any atom is -0.496 e. The second-order valence-electron chi connectivity index (χ2n) is 12.1. The Hall–Kier alpha value is -4.04. The second-order valence-corrected chi connectivity index (χ2v) is 12.1. The normalized spacial score (nSPS) is 26.0. The van der Waals surface area contributed by atoms with Gasteiger partial charge in [0.15, 0.2) is 11.6 Å². The van der Waals surface area contributed by atoms with Crippen LogP contribution in [0.15, 0.2) is 30.3 Å². The Morgan fingerprint density at radius 1 is 0.826 bits per heavy atom. The lowest BCUT2D eigenvalue weighted by Gasteiger charge is -2.31. The number of hydrogen-bond donors (Lipinski definition) is 3. The Balaban J connectivity index is 1.35. The number of methoxy groups -OCH3 is 1. The van der Waals surface area contributed by atoms with Crippen LogP contribution in [0.4, 0.5) is 36.4 Å². The van der Waals surface area contributed by atoms with Crippen molar-refractivity contribution >= 4 is 23.5 Å². The van der Waals surface area contributed by atoms with E-state index in [2.05, 4.69) is 10.6 Å². The molecule has 15 heteroatoms. The molecule has 0 saturated heterocycles. The molecule has 0 aromatic heterocycles. The number of nitrogens with one attached hydrogen (secondary N) is 2. The highest BCUT2D eigenvalue weighted by Crippen LogP contribution is 2.49. The summed E-state index contributed by atoms with van der Waals surface area (Å²) < 4.78 is 106. The van der Waals surface area contributed by atoms with Crippen molar-refractivity contribution in [1.82, 2.24) is 5.32 Å². The molecule has 0 unspecified atom stereocenters. The third-order valence-corrected chi connectivity index (χ3v) is 9.19. The van der Waals surface area contributed by atoms with Crippen molar-refractivity contribution in [3.05, 3.63) is 52.8 Å². The number of benzene rings is 2. The first kappa shape index (κ1) is 33.3. The molecule has 2 bridgehead atoms. The van der Waals surface area contributed by atoms with E-state index < -0.39 is 76.7 Å². The summed E-state index contributed by atoms with van der Waals surface area (Å²) in [6.45, 7) is 0. The summed E-state index contributed by atoms with van der Waals surface area (Å²) in [6, 6.07) is 2.11. The Morgan fingerprint density at radius 2 is 1.43 bits per heavy atom. The Bertz CT molecular complexity index is 1470. The van der Waals surface area contributed by atoms with Gasteiger partial charge in [0.2, 0.25) is 5.91 Å². The molecule has 2 amide bonds. The van der Waals surface area contributed by atoms with Crippen LogP contribution in [-0.2, 0) is 21.9 Å². The van der Waals surface area contributed by atoms with E-state index in [9.17, 15) is 50.2 Å². The summed E-state index contributed by atoms with van der Waals surface area (Å²) in [5, 5.41) is 14.2. The summed E-state index contributed by atoms with van der Waals surface area (Å²) >= 11 is 0. The van der Waals surface area contributed by atoms with Gasteiger partial charge in [-0.05, 0) is 81.0 Å². The van der Waals surface area contributed by atoms with Gasteiger partial charge in [-0.15, -0.1) is 0 Å². The first-order chi connectivity index (χ1) is 21.5. The molecule has 3 aliphatic rings. The first-order valence-corrected chi connectivity index (χ1v) is 14.7. The zero-order valence-corrected chi connectivity index (χ0v) is 24.4. The molecule has 46 heavy (non-hydrogen) atoms. The molecule has 2 aromatic carbocycles. The molecule has 4 atom stereocenters. The highest BCUT2D eigenvalue weighted by Gasteiger charge is 2.51. The number of aliphatic carboxylic acids is 1. The lowest BCUT2D eigenvalue weighted by Crippen LogP contribution is -2.48. The van der Waals surface area contributed by atoms with Crippen molar-refractivity contribution < 1.29 is 59.7 Å². The Kier molecular flexibility index (Phi) is 9.15. The number of ether oxygens (including phenoxy) is 2. The van der Waals surface area contributed by atoms with E-state index in [4.69, 9.17) is 9.47 Å². The minimum atomic E-state index is -5.10. The van der Waals surface area contributed by atoms with Crippen LogP contribution in [0, 0.1) is 29.5 Å². The van der Waals surface area contributed by atoms with Gasteiger partial charge in [0.1, 0.15) is 5.75 Å². The van der Waals surface area contributed by atoms with Gasteiger partial charge in [-0.2, -0.15) is 26.3 Å². The number of carbonyl (C=O) groups excluding carboxylic acids is 2. The average molecular weight is 661 g/mol. The molecule has 3 aliphatic carbocycles. The Labute approximate surface area is 258 Å². The fourth-order valence-corrected chi connectivity index (χ4v) is 6.94. The number of carboxylic acid groups (broad SMARTS) is 1. The van der Waals surface area contributed by atoms with Crippen LogP contribution in [0.2, 0.25) is 0 Å².